The third kappa shape index (κ3) is 2.03. The molecule has 0 unspecified atom stereocenters. The number of imide groups is 6. The minimum absolute atomic E-state index is 0.0262. The Morgan fingerprint density at radius 3 is 1.37 bits per heavy atom. The van der Waals surface area contributed by atoms with Crippen LogP contribution in [0.25, 0.3) is 0 Å². The van der Waals surface area contributed by atoms with Crippen molar-refractivity contribution in [2.75, 3.05) is 13.2 Å². The predicted molar refractivity (Wildman–Crippen MR) is 94.8 cm³/mol. The van der Waals surface area contributed by atoms with E-state index in [9.17, 15) is 28.8 Å². The Labute approximate surface area is 171 Å². The van der Waals surface area contributed by atoms with E-state index in [2.05, 4.69) is 0 Å². The molecule has 0 N–H and O–H groups in total. The number of nitrogens with zero attached hydrogens (tertiary/aromatic N) is 2. The molecule has 6 rings (SSSR count). The molecule has 158 valence electrons. The first-order valence-corrected chi connectivity index (χ1v) is 10.1. The zero-order valence-corrected chi connectivity index (χ0v) is 16.3. The fourth-order valence-corrected chi connectivity index (χ4v) is 6.34. The summed E-state index contributed by atoms with van der Waals surface area (Å²) in [5.74, 6) is -7.01. The predicted octanol–water partition coefficient (Wildman–Crippen LogP) is 0.564. The number of likely N-dealkylation sites (tertiary alicyclic amines) is 2. The number of hydrogen-bond acceptors (Lipinski definition) is 8. The summed E-state index contributed by atoms with van der Waals surface area (Å²) >= 11 is 0. The summed E-state index contributed by atoms with van der Waals surface area (Å²) in [5, 5.41) is 0. The number of carbonyl (C=O) groups is 6. The molecule has 30 heavy (non-hydrogen) atoms. The second-order valence-corrected chi connectivity index (χ2v) is 8.22. The number of fused-ring (bicyclic) bond motifs is 1. The fourth-order valence-electron chi connectivity index (χ4n) is 6.34. The van der Waals surface area contributed by atoms with Crippen LogP contribution in [0.1, 0.15) is 13.8 Å². The Bertz CT molecular complexity index is 885. The third-order valence-electron chi connectivity index (χ3n) is 7.24. The highest BCUT2D eigenvalue weighted by atomic mass is 16.6. The van der Waals surface area contributed by atoms with Gasteiger partial charge in [0.15, 0.2) is 0 Å². The Morgan fingerprint density at radius 2 is 1.03 bits per heavy atom. The summed E-state index contributed by atoms with van der Waals surface area (Å²) in [7, 11) is 0. The fraction of sp³-hybridized carbons (Fsp3) is 0.600. The van der Waals surface area contributed by atoms with E-state index in [4.69, 9.17) is 9.47 Å². The highest BCUT2D eigenvalue weighted by Crippen LogP contribution is 2.68. The van der Waals surface area contributed by atoms with Crippen molar-refractivity contribution >= 4 is 35.8 Å². The maximum Gasteiger partial charge on any atom is 0.423 e. The molecular weight excluding hydrogens is 396 g/mol. The summed E-state index contributed by atoms with van der Waals surface area (Å²) in [6, 6.07) is 0. The topological polar surface area (TPSA) is 127 Å². The van der Waals surface area contributed by atoms with Gasteiger partial charge in [-0.15, -0.1) is 0 Å². The van der Waals surface area contributed by atoms with Gasteiger partial charge in [-0.3, -0.25) is 19.2 Å². The molecule has 2 saturated heterocycles. The molecule has 10 nitrogen and oxygen atoms in total. The second-order valence-electron chi connectivity index (χ2n) is 8.22. The van der Waals surface area contributed by atoms with E-state index in [0.717, 1.165) is 0 Å². The van der Waals surface area contributed by atoms with E-state index in [1.807, 2.05) is 12.2 Å². The van der Waals surface area contributed by atoms with E-state index in [1.165, 1.54) is 0 Å². The molecule has 8 atom stereocenters. The largest absolute Gasteiger partial charge is 0.449 e. The number of amides is 6. The van der Waals surface area contributed by atoms with Crippen LogP contribution >= 0.6 is 0 Å². The van der Waals surface area contributed by atoms with Crippen LogP contribution in [0.5, 0.6) is 0 Å². The molecule has 2 aliphatic heterocycles. The van der Waals surface area contributed by atoms with E-state index in [-0.39, 0.29) is 25.0 Å². The number of ether oxygens (including phenoxy) is 2. The summed E-state index contributed by atoms with van der Waals surface area (Å²) in [6.07, 6.45) is 1.65. The molecule has 0 aromatic carbocycles. The van der Waals surface area contributed by atoms with Crippen LogP contribution in [-0.4, -0.2) is 58.8 Å². The maximum atomic E-state index is 13.0. The Kier molecular flexibility index (Phi) is 3.93. The lowest BCUT2D eigenvalue weighted by Gasteiger charge is -2.60. The van der Waals surface area contributed by atoms with Gasteiger partial charge < -0.3 is 9.47 Å². The lowest BCUT2D eigenvalue weighted by atomic mass is 9.40. The number of carbonyl (C=O) groups excluding carboxylic acids is 6. The lowest BCUT2D eigenvalue weighted by molar-refractivity contribution is -0.166. The van der Waals surface area contributed by atoms with E-state index < -0.39 is 71.3 Å². The quantitative estimate of drug-likeness (QED) is 0.472. The Balaban J connectivity index is 1.48. The summed E-state index contributed by atoms with van der Waals surface area (Å²) < 4.78 is 9.71. The third-order valence-corrected chi connectivity index (χ3v) is 7.24. The molecule has 0 spiro atoms. The first kappa shape index (κ1) is 19.0. The van der Waals surface area contributed by atoms with Crippen LogP contribution in [0.4, 0.5) is 9.59 Å². The van der Waals surface area contributed by atoms with Crippen LogP contribution in [-0.2, 0) is 28.7 Å². The lowest BCUT2D eigenvalue weighted by Crippen LogP contribution is -2.63. The monoisotopic (exact) mass is 416 g/mol. The van der Waals surface area contributed by atoms with Crippen LogP contribution in [0.2, 0.25) is 0 Å². The van der Waals surface area contributed by atoms with Gasteiger partial charge in [0.1, 0.15) is 0 Å². The van der Waals surface area contributed by atoms with Gasteiger partial charge in [0.2, 0.25) is 23.6 Å². The highest BCUT2D eigenvalue weighted by Gasteiger charge is 2.76. The molecule has 10 heteroatoms. The number of allylic oxidation sites excluding steroid dienone is 2. The van der Waals surface area contributed by atoms with Gasteiger partial charge in [-0.1, -0.05) is 12.2 Å². The molecule has 6 aliphatic rings. The highest BCUT2D eigenvalue weighted by molar-refractivity contribution is 6.18. The molecule has 0 aromatic rings. The van der Waals surface area contributed by atoms with Gasteiger partial charge in [-0.05, 0) is 37.5 Å². The second kappa shape index (κ2) is 6.23. The summed E-state index contributed by atoms with van der Waals surface area (Å²) in [6.45, 7) is 3.21. The standard InChI is InChI=1S/C20H20N2O8/c1-3-29-19(27)21-15(23)11-7-5-6-8(12(11)16(21)24)10-9(7)13-14(10)18(26)22(17(13)25)20(28)30-4-2/h5-14H,3-4H2,1-2H3/t7-,8-,9-,10-,11-,12+,13-,14-/m1/s1. The van der Waals surface area contributed by atoms with Crippen LogP contribution < -0.4 is 0 Å². The normalized spacial score (nSPS) is 40.2. The van der Waals surface area contributed by atoms with Gasteiger partial charge >= 0.3 is 12.2 Å². The SMILES string of the molecule is CCOC(=O)N1C(=O)[C@@H]2[C@@H]3C=C[C@@H]([C@@H]2C1=O)[C@H]1[C@H]2C(=O)N(C(=O)OCC)C(=O)[C@@H]2[C@H]31. The molecule has 2 saturated carbocycles. The zero-order valence-electron chi connectivity index (χ0n) is 16.3. The first-order valence-electron chi connectivity index (χ1n) is 10.1. The molecule has 0 aromatic heterocycles. The van der Waals surface area contributed by atoms with Crippen molar-refractivity contribution in [3.8, 4) is 0 Å². The molecule has 4 aliphatic carbocycles. The Morgan fingerprint density at radius 1 is 0.700 bits per heavy atom. The maximum absolute atomic E-state index is 13.0. The van der Waals surface area contributed by atoms with Crippen LogP contribution in [0.15, 0.2) is 12.2 Å². The van der Waals surface area contributed by atoms with E-state index in [0.29, 0.717) is 9.80 Å². The van der Waals surface area contributed by atoms with Gasteiger partial charge in [0.05, 0.1) is 36.9 Å². The van der Waals surface area contributed by atoms with Gasteiger partial charge in [-0.25, -0.2) is 9.59 Å². The Hall–Kier alpha value is -3.04. The van der Waals surface area contributed by atoms with Crippen molar-refractivity contribution in [1.29, 1.82) is 0 Å². The van der Waals surface area contributed by atoms with Crippen molar-refractivity contribution in [2.24, 2.45) is 47.3 Å². The zero-order chi connectivity index (χ0) is 21.5. The molecular formula is C20H20N2O8. The minimum Gasteiger partial charge on any atom is -0.449 e. The van der Waals surface area contributed by atoms with Crippen molar-refractivity contribution in [3.05, 3.63) is 12.2 Å². The minimum atomic E-state index is -0.991. The number of hydrogen-bond donors (Lipinski definition) is 0. The molecule has 4 fully saturated rings. The van der Waals surface area contributed by atoms with Crippen molar-refractivity contribution < 1.29 is 38.2 Å². The van der Waals surface area contributed by atoms with Gasteiger partial charge in [0, 0.05) is 0 Å². The molecule has 6 amide bonds. The van der Waals surface area contributed by atoms with Crippen molar-refractivity contribution in [3.63, 3.8) is 0 Å². The van der Waals surface area contributed by atoms with Gasteiger partial charge in [0.25, 0.3) is 0 Å². The molecule has 2 bridgehead atoms. The molecule has 0 radical (unpaired) electrons. The average molecular weight is 416 g/mol. The first-order chi connectivity index (χ1) is 14.3. The van der Waals surface area contributed by atoms with E-state index in [1.54, 1.807) is 13.8 Å². The smallest absolute Gasteiger partial charge is 0.423 e. The van der Waals surface area contributed by atoms with E-state index >= 15 is 0 Å². The van der Waals surface area contributed by atoms with Crippen LogP contribution in [0, 0.1) is 47.3 Å². The van der Waals surface area contributed by atoms with Crippen LogP contribution in [0.3, 0.4) is 0 Å². The molecule has 2 heterocycles. The van der Waals surface area contributed by atoms with Crippen molar-refractivity contribution in [2.45, 2.75) is 13.8 Å². The summed E-state index contributed by atoms with van der Waals surface area (Å²) in [5.41, 5.74) is 0. The average Bonchev–Trinajstić information content (AvgIpc) is 3.06. The van der Waals surface area contributed by atoms with Gasteiger partial charge in [-0.2, -0.15) is 9.80 Å². The summed E-state index contributed by atoms with van der Waals surface area (Å²) in [4.78, 5) is 77.1. The van der Waals surface area contributed by atoms with Crippen molar-refractivity contribution in [1.82, 2.24) is 9.80 Å². The number of rotatable bonds is 2.